The monoisotopic (exact) mass is 555 g/mol. The smallest absolute Gasteiger partial charge is 0.309 e. The maximum atomic E-state index is 13.6. The van der Waals surface area contributed by atoms with Crippen LogP contribution in [0.25, 0.3) is 0 Å². The summed E-state index contributed by atoms with van der Waals surface area (Å²) in [7, 11) is 0. The number of Topliss-reactive ketones (excluding diaryl/α,β-unsaturated/α-hetero) is 1. The summed E-state index contributed by atoms with van der Waals surface area (Å²) in [5.74, 6) is -1.59. The molecule has 0 unspecified atom stereocenters. The summed E-state index contributed by atoms with van der Waals surface area (Å²) in [5, 5.41) is 14.5. The third-order valence-electron chi connectivity index (χ3n) is 6.64. The van der Waals surface area contributed by atoms with Crippen LogP contribution in [0.5, 0.6) is 0 Å². The second-order valence-corrected chi connectivity index (χ2v) is 12.3. The van der Waals surface area contributed by atoms with Gasteiger partial charge in [-0.3, -0.25) is 19.1 Å². The Morgan fingerprint density at radius 3 is 2.19 bits per heavy atom. The van der Waals surface area contributed by atoms with E-state index in [2.05, 4.69) is 5.10 Å². The van der Waals surface area contributed by atoms with Crippen molar-refractivity contribution in [2.75, 3.05) is 13.1 Å². The number of aryl methyl sites for hydroxylation is 1. The maximum Gasteiger partial charge on any atom is 0.309 e. The molecule has 0 saturated heterocycles. The molecule has 1 saturated carbocycles. The molecule has 1 aromatic heterocycles. The van der Waals surface area contributed by atoms with E-state index in [9.17, 15) is 19.5 Å². The van der Waals surface area contributed by atoms with Crippen LogP contribution in [0.2, 0.25) is 15.2 Å². The van der Waals surface area contributed by atoms with E-state index in [-0.39, 0.29) is 50.1 Å². The van der Waals surface area contributed by atoms with E-state index in [4.69, 9.17) is 34.8 Å². The zero-order valence-electron chi connectivity index (χ0n) is 21.2. The minimum absolute atomic E-state index is 0.102. The van der Waals surface area contributed by atoms with Gasteiger partial charge in [0.05, 0.1) is 45.4 Å². The lowest BCUT2D eigenvalue weighted by atomic mass is 9.74. The molecule has 0 radical (unpaired) electrons. The molecule has 0 spiro atoms. The molecule has 1 amide bonds. The fourth-order valence-electron chi connectivity index (χ4n) is 4.60. The second-order valence-electron chi connectivity index (χ2n) is 11.1. The summed E-state index contributed by atoms with van der Waals surface area (Å²) >= 11 is 19.3. The zero-order chi connectivity index (χ0) is 27.0. The highest BCUT2D eigenvalue weighted by molar-refractivity contribution is 6.40. The normalized spacial score (nSPS) is 20.3. The Morgan fingerprint density at radius 1 is 1.14 bits per heavy atom. The summed E-state index contributed by atoms with van der Waals surface area (Å²) in [6, 6.07) is 3.22. The van der Waals surface area contributed by atoms with E-state index in [1.54, 1.807) is 23.7 Å². The zero-order valence-corrected chi connectivity index (χ0v) is 23.5. The number of benzene rings is 1. The molecule has 1 heterocycles. The van der Waals surface area contributed by atoms with Gasteiger partial charge in [-0.1, -0.05) is 55.6 Å². The number of amides is 1. The van der Waals surface area contributed by atoms with Gasteiger partial charge in [0.1, 0.15) is 5.15 Å². The van der Waals surface area contributed by atoms with E-state index in [0.717, 1.165) is 5.56 Å². The molecule has 36 heavy (non-hydrogen) atoms. The minimum Gasteiger partial charge on any atom is -0.481 e. The topological polar surface area (TPSA) is 92.5 Å². The molecule has 0 atom stereocenters. The van der Waals surface area contributed by atoms with Crippen molar-refractivity contribution in [3.8, 4) is 0 Å². The first-order valence-corrected chi connectivity index (χ1v) is 13.0. The molecular weight excluding hydrogens is 525 g/mol. The number of aromatic nitrogens is 2. The molecule has 7 nitrogen and oxygen atoms in total. The molecule has 1 aromatic carbocycles. The van der Waals surface area contributed by atoms with Gasteiger partial charge in [-0.05, 0) is 62.6 Å². The number of carboxylic acids is 1. The predicted octanol–water partition coefficient (Wildman–Crippen LogP) is 6.73. The van der Waals surface area contributed by atoms with Crippen LogP contribution in [0.15, 0.2) is 18.3 Å². The van der Waals surface area contributed by atoms with E-state index < -0.39 is 17.3 Å². The van der Waals surface area contributed by atoms with Gasteiger partial charge in [0.2, 0.25) is 0 Å². The summed E-state index contributed by atoms with van der Waals surface area (Å²) < 4.78 is 1.60. The second kappa shape index (κ2) is 10.7. The Kier molecular flexibility index (Phi) is 8.48. The van der Waals surface area contributed by atoms with Gasteiger partial charge in [-0.15, -0.1) is 0 Å². The lowest BCUT2D eigenvalue weighted by Gasteiger charge is -2.34. The first-order chi connectivity index (χ1) is 16.6. The third kappa shape index (κ3) is 6.24. The maximum absolute atomic E-state index is 13.6. The van der Waals surface area contributed by atoms with Crippen molar-refractivity contribution in [2.45, 2.75) is 66.3 Å². The lowest BCUT2D eigenvalue weighted by molar-refractivity contribution is -0.150. The number of rotatable bonds is 7. The lowest BCUT2D eigenvalue weighted by Crippen LogP contribution is -2.41. The molecule has 1 aliphatic rings. The minimum atomic E-state index is -0.806. The van der Waals surface area contributed by atoms with E-state index in [1.165, 1.54) is 11.1 Å². The SMILES string of the molecule is Cc1cc(Cl)c(C(=O)CN(CC(C)(C)C)C(=O)c2cnn(C3CCC(C)(C(=O)O)CC3)c2Cl)c(Cl)c1. The summed E-state index contributed by atoms with van der Waals surface area (Å²) in [4.78, 5) is 39.9. The van der Waals surface area contributed by atoms with Gasteiger partial charge in [-0.2, -0.15) is 5.10 Å². The van der Waals surface area contributed by atoms with Gasteiger partial charge >= 0.3 is 5.97 Å². The van der Waals surface area contributed by atoms with Crippen LogP contribution >= 0.6 is 34.8 Å². The third-order valence-corrected chi connectivity index (χ3v) is 7.61. The Balaban J connectivity index is 1.85. The molecule has 10 heteroatoms. The molecule has 1 N–H and O–H groups in total. The van der Waals surface area contributed by atoms with Crippen LogP contribution in [-0.2, 0) is 4.79 Å². The standard InChI is InChI=1S/C26H32Cl3N3O4/c1-15-10-18(27)21(19(28)11-15)20(33)13-31(14-25(2,3)4)23(34)17-12-30-32(22(17)29)16-6-8-26(5,9-7-16)24(35)36/h10-12,16H,6-9,13-14H2,1-5H3,(H,35,36). The highest BCUT2D eigenvalue weighted by atomic mass is 35.5. The van der Waals surface area contributed by atoms with Crippen molar-refractivity contribution in [2.24, 2.45) is 10.8 Å². The average molecular weight is 557 g/mol. The van der Waals surface area contributed by atoms with Crippen LogP contribution in [0.1, 0.15) is 85.7 Å². The number of ketones is 1. The van der Waals surface area contributed by atoms with Crippen molar-refractivity contribution in [3.05, 3.63) is 50.2 Å². The highest BCUT2D eigenvalue weighted by Gasteiger charge is 2.39. The molecule has 0 bridgehead atoms. The van der Waals surface area contributed by atoms with Gasteiger partial charge in [0.25, 0.3) is 5.91 Å². The van der Waals surface area contributed by atoms with E-state index >= 15 is 0 Å². The Labute approximate surface area is 226 Å². The quantitative estimate of drug-likeness (QED) is 0.382. The fraction of sp³-hybridized carbons (Fsp3) is 0.538. The highest BCUT2D eigenvalue weighted by Crippen LogP contribution is 2.42. The van der Waals surface area contributed by atoms with Gasteiger partial charge in [0.15, 0.2) is 5.78 Å². The van der Waals surface area contributed by atoms with Crippen LogP contribution in [0, 0.1) is 17.8 Å². The summed E-state index contributed by atoms with van der Waals surface area (Å²) in [6.07, 6.45) is 3.59. The molecule has 1 aliphatic carbocycles. The first kappa shape index (κ1) is 28.5. The van der Waals surface area contributed by atoms with Crippen LogP contribution in [0.3, 0.4) is 0 Å². The Hall–Kier alpha value is -2.09. The van der Waals surface area contributed by atoms with Crippen LogP contribution in [-0.4, -0.2) is 50.5 Å². The number of nitrogens with zero attached hydrogens (tertiary/aromatic N) is 3. The van der Waals surface area contributed by atoms with Crippen molar-refractivity contribution in [3.63, 3.8) is 0 Å². The Bertz CT molecular complexity index is 1150. The van der Waals surface area contributed by atoms with Crippen molar-refractivity contribution in [1.82, 2.24) is 14.7 Å². The number of carbonyl (C=O) groups excluding carboxylic acids is 2. The summed E-state index contributed by atoms with van der Waals surface area (Å²) in [6.45, 7) is 9.55. The Morgan fingerprint density at radius 2 is 1.69 bits per heavy atom. The van der Waals surface area contributed by atoms with Crippen LogP contribution in [0.4, 0.5) is 0 Å². The number of carboxylic acid groups (broad SMARTS) is 1. The first-order valence-electron chi connectivity index (χ1n) is 11.9. The van der Waals surface area contributed by atoms with Crippen molar-refractivity contribution >= 4 is 52.5 Å². The molecule has 1 fully saturated rings. The molecule has 196 valence electrons. The number of halogens is 3. The van der Waals surface area contributed by atoms with E-state index in [1.807, 2.05) is 27.7 Å². The average Bonchev–Trinajstić information content (AvgIpc) is 3.12. The molecule has 3 rings (SSSR count). The van der Waals surface area contributed by atoms with E-state index in [0.29, 0.717) is 32.2 Å². The molecular formula is C26H32Cl3N3O4. The van der Waals surface area contributed by atoms with Gasteiger partial charge in [0, 0.05) is 6.54 Å². The predicted molar refractivity (Wildman–Crippen MR) is 141 cm³/mol. The number of hydrogen-bond acceptors (Lipinski definition) is 4. The number of hydrogen-bond donors (Lipinski definition) is 1. The van der Waals surface area contributed by atoms with Crippen molar-refractivity contribution < 1.29 is 19.5 Å². The van der Waals surface area contributed by atoms with Crippen molar-refractivity contribution in [1.29, 1.82) is 0 Å². The van der Waals surface area contributed by atoms with Gasteiger partial charge < -0.3 is 10.0 Å². The summed E-state index contributed by atoms with van der Waals surface area (Å²) in [5.41, 5.74) is 0.137. The molecule has 0 aliphatic heterocycles. The van der Waals surface area contributed by atoms with Gasteiger partial charge in [-0.25, -0.2) is 0 Å². The number of carbonyl (C=O) groups is 3. The largest absolute Gasteiger partial charge is 0.481 e. The van der Waals surface area contributed by atoms with Crippen LogP contribution < -0.4 is 0 Å². The molecule has 2 aromatic rings. The fourth-order valence-corrected chi connectivity index (χ4v) is 5.72. The number of aliphatic carboxylic acids is 1.